The molecule has 2 aromatic rings. The summed E-state index contributed by atoms with van der Waals surface area (Å²) in [5.41, 5.74) is 5.05. The molecule has 2 aliphatic rings. The zero-order valence-corrected chi connectivity index (χ0v) is 17.7. The maximum absolute atomic E-state index is 12.9. The highest BCUT2D eigenvalue weighted by molar-refractivity contribution is 14.1. The Morgan fingerprint density at radius 2 is 2.30 bits per heavy atom. The fourth-order valence-electron chi connectivity index (χ4n) is 4.45. The largest absolute Gasteiger partial charge is 0.468 e. The molecular weight excluding hydrogens is 453 g/mol. The van der Waals surface area contributed by atoms with E-state index in [2.05, 4.69) is 51.5 Å². The summed E-state index contributed by atoms with van der Waals surface area (Å²) in [6, 6.07) is 7.91. The molecule has 6 heteroatoms. The number of fused-ring (bicyclic) bond motifs is 5. The van der Waals surface area contributed by atoms with Crippen LogP contribution < -0.4 is 0 Å². The van der Waals surface area contributed by atoms with Crippen molar-refractivity contribution in [1.29, 1.82) is 5.26 Å². The number of H-pyrrole nitrogens is 1. The number of carbonyl (C=O) groups excluding carboxylic acids is 1. The molecular formula is C21H22IN3O2. The van der Waals surface area contributed by atoms with Crippen molar-refractivity contribution in [3.8, 4) is 6.07 Å². The number of aromatic nitrogens is 1. The predicted octanol–water partition coefficient (Wildman–Crippen LogP) is 4.01. The monoisotopic (exact) mass is 475 g/mol. The number of ether oxygens (including phenoxy) is 1. The van der Waals surface area contributed by atoms with Crippen molar-refractivity contribution < 1.29 is 9.53 Å². The summed E-state index contributed by atoms with van der Waals surface area (Å²) in [7, 11) is 1.46. The van der Waals surface area contributed by atoms with Gasteiger partial charge < -0.3 is 9.72 Å². The van der Waals surface area contributed by atoms with Crippen LogP contribution >= 0.6 is 22.6 Å². The van der Waals surface area contributed by atoms with Crippen LogP contribution in [0.1, 0.15) is 36.6 Å². The summed E-state index contributed by atoms with van der Waals surface area (Å²) in [5, 5.41) is 10.4. The third kappa shape index (κ3) is 3.07. The zero-order valence-electron chi connectivity index (χ0n) is 15.5. The zero-order chi connectivity index (χ0) is 19.2. The minimum Gasteiger partial charge on any atom is -0.468 e. The van der Waals surface area contributed by atoms with Gasteiger partial charge in [-0.05, 0) is 42.5 Å². The first kappa shape index (κ1) is 18.5. The fraction of sp³-hybridized carbons (Fsp3) is 0.429. The molecule has 3 atom stereocenters. The van der Waals surface area contributed by atoms with E-state index in [0.29, 0.717) is 17.9 Å². The Morgan fingerprint density at radius 3 is 3.00 bits per heavy atom. The molecule has 2 bridgehead atoms. The summed E-state index contributed by atoms with van der Waals surface area (Å²) >= 11 is 2.27. The Bertz CT molecular complexity index is 987. The van der Waals surface area contributed by atoms with E-state index in [4.69, 9.17) is 4.74 Å². The summed E-state index contributed by atoms with van der Waals surface area (Å²) in [6.45, 7) is 4.85. The molecule has 1 unspecified atom stereocenters. The molecule has 0 saturated heterocycles. The molecule has 140 valence electrons. The van der Waals surface area contributed by atoms with Crippen LogP contribution in [-0.4, -0.2) is 36.1 Å². The first-order chi connectivity index (χ1) is 13.0. The number of benzene rings is 1. The van der Waals surface area contributed by atoms with Crippen molar-refractivity contribution in [3.63, 3.8) is 0 Å². The van der Waals surface area contributed by atoms with Crippen LogP contribution in [-0.2, 0) is 19.5 Å². The van der Waals surface area contributed by atoms with E-state index in [-0.39, 0.29) is 5.97 Å². The van der Waals surface area contributed by atoms with Crippen LogP contribution in [0.2, 0.25) is 0 Å². The van der Waals surface area contributed by atoms with E-state index in [1.165, 1.54) is 12.7 Å². The predicted molar refractivity (Wildman–Crippen MR) is 112 cm³/mol. The number of aromatic amines is 1. The highest BCUT2D eigenvalue weighted by Gasteiger charge is 2.46. The average molecular weight is 475 g/mol. The summed E-state index contributed by atoms with van der Waals surface area (Å²) in [4.78, 5) is 18.8. The summed E-state index contributed by atoms with van der Waals surface area (Å²) < 4.78 is 4.46. The average Bonchev–Trinajstić information content (AvgIpc) is 3.04. The molecule has 0 fully saturated rings. The van der Waals surface area contributed by atoms with Crippen LogP contribution in [0.25, 0.3) is 10.9 Å². The smallest absolute Gasteiger partial charge is 0.327 e. The molecule has 1 aromatic carbocycles. The number of alkyl halides is 1. The number of esters is 1. The lowest BCUT2D eigenvalue weighted by Gasteiger charge is -2.39. The minimum absolute atomic E-state index is 0.220. The number of rotatable bonds is 2. The van der Waals surface area contributed by atoms with Gasteiger partial charge in [-0.2, -0.15) is 5.26 Å². The van der Waals surface area contributed by atoms with Crippen molar-refractivity contribution in [2.45, 2.75) is 29.7 Å². The van der Waals surface area contributed by atoms with Gasteiger partial charge in [0.15, 0.2) is 3.42 Å². The van der Waals surface area contributed by atoms with Crippen LogP contribution in [0.3, 0.4) is 0 Å². The highest BCUT2D eigenvalue weighted by atomic mass is 127. The molecule has 1 aromatic heterocycles. The lowest BCUT2D eigenvalue weighted by atomic mass is 9.84. The molecule has 1 N–H and O–H groups in total. The number of methoxy groups -OCH3 is 1. The van der Waals surface area contributed by atoms with Crippen molar-refractivity contribution in [2.24, 2.45) is 5.92 Å². The SMILES string of the molecule is CCC1=C[C@H]2CN(C1)Cc1c([nH]c3ccc(C#N)cc13)[C@](I)(C(=O)OC)C2. The summed E-state index contributed by atoms with van der Waals surface area (Å²) in [6.07, 6.45) is 4.08. The first-order valence-electron chi connectivity index (χ1n) is 9.23. The second-order valence-corrected chi connectivity index (χ2v) is 9.30. The van der Waals surface area contributed by atoms with Gasteiger partial charge in [0.05, 0.1) is 18.7 Å². The highest BCUT2D eigenvalue weighted by Crippen LogP contribution is 2.46. The van der Waals surface area contributed by atoms with Crippen LogP contribution in [0.15, 0.2) is 29.8 Å². The van der Waals surface area contributed by atoms with Gasteiger partial charge in [-0.15, -0.1) is 0 Å². The van der Waals surface area contributed by atoms with E-state index in [1.54, 1.807) is 0 Å². The molecule has 0 radical (unpaired) electrons. The molecule has 27 heavy (non-hydrogen) atoms. The van der Waals surface area contributed by atoms with Crippen LogP contribution in [0.5, 0.6) is 0 Å². The minimum atomic E-state index is -0.767. The first-order valence-corrected chi connectivity index (χ1v) is 10.3. The molecule has 0 spiro atoms. The number of carbonyl (C=O) groups is 1. The van der Waals surface area contributed by atoms with Crippen molar-refractivity contribution in [1.82, 2.24) is 9.88 Å². The topological polar surface area (TPSA) is 69.1 Å². The third-order valence-corrected chi connectivity index (χ3v) is 7.13. The lowest BCUT2D eigenvalue weighted by Crippen LogP contribution is -2.43. The van der Waals surface area contributed by atoms with Crippen molar-refractivity contribution in [3.05, 3.63) is 46.7 Å². The second kappa shape index (κ2) is 6.95. The van der Waals surface area contributed by atoms with Gasteiger partial charge in [0.1, 0.15) is 0 Å². The Labute approximate surface area is 172 Å². The van der Waals surface area contributed by atoms with Gasteiger partial charge in [0.25, 0.3) is 0 Å². The van der Waals surface area contributed by atoms with Gasteiger partial charge in [-0.1, -0.05) is 41.2 Å². The number of nitrogens with zero attached hydrogens (tertiary/aromatic N) is 2. The third-order valence-electron chi connectivity index (χ3n) is 5.71. The Hall–Kier alpha value is -1.85. The number of halogens is 1. The number of nitriles is 1. The number of hydrogen-bond acceptors (Lipinski definition) is 4. The van der Waals surface area contributed by atoms with Gasteiger partial charge >= 0.3 is 5.97 Å². The number of nitrogens with one attached hydrogen (secondary N) is 1. The number of hydrogen-bond donors (Lipinski definition) is 1. The molecule has 0 saturated carbocycles. The maximum atomic E-state index is 12.9. The molecule has 0 aliphatic carbocycles. The van der Waals surface area contributed by atoms with E-state index in [0.717, 1.165) is 48.2 Å². The van der Waals surface area contributed by atoms with E-state index < -0.39 is 3.42 Å². The molecule has 5 nitrogen and oxygen atoms in total. The second-order valence-electron chi connectivity index (χ2n) is 7.46. The fourth-order valence-corrected chi connectivity index (χ4v) is 5.70. The Balaban J connectivity index is 1.94. The quantitative estimate of drug-likeness (QED) is 0.309. The normalized spacial score (nSPS) is 27.1. The van der Waals surface area contributed by atoms with Crippen molar-refractivity contribution >= 4 is 39.5 Å². The van der Waals surface area contributed by atoms with Gasteiger partial charge in [0, 0.05) is 36.2 Å². The maximum Gasteiger partial charge on any atom is 0.327 e. The van der Waals surface area contributed by atoms with E-state index in [1.807, 2.05) is 18.2 Å². The molecule has 2 aliphatic heterocycles. The Kier molecular flexibility index (Phi) is 4.77. The Morgan fingerprint density at radius 1 is 1.48 bits per heavy atom. The lowest BCUT2D eigenvalue weighted by molar-refractivity contribution is -0.143. The van der Waals surface area contributed by atoms with Crippen molar-refractivity contribution in [2.75, 3.05) is 20.2 Å². The van der Waals surface area contributed by atoms with Gasteiger partial charge in [0.2, 0.25) is 0 Å². The van der Waals surface area contributed by atoms with Gasteiger partial charge in [-0.3, -0.25) is 9.69 Å². The van der Waals surface area contributed by atoms with Crippen LogP contribution in [0, 0.1) is 17.2 Å². The molecule has 3 heterocycles. The molecule has 4 rings (SSSR count). The standard InChI is InChI=1S/C21H22IN3O2/c1-3-13-6-15-8-21(22,20(26)27-2)19-17(12-25(10-13)11-15)16-7-14(9-23)4-5-18(16)24-19/h4-7,15,24H,3,8,10-12H2,1-2H3/t15-,21+/m1/s1. The van der Waals surface area contributed by atoms with E-state index >= 15 is 0 Å². The summed E-state index contributed by atoms with van der Waals surface area (Å²) in [5.74, 6) is 0.0980. The van der Waals surface area contributed by atoms with Gasteiger partial charge in [-0.25, -0.2) is 0 Å². The van der Waals surface area contributed by atoms with E-state index in [9.17, 15) is 10.1 Å². The molecule has 0 amide bonds. The van der Waals surface area contributed by atoms with Crippen LogP contribution in [0.4, 0.5) is 0 Å².